The Labute approximate surface area is 278 Å². The van der Waals surface area contributed by atoms with Crippen LogP contribution < -0.4 is 9.47 Å². The Morgan fingerprint density at radius 2 is 1.36 bits per heavy atom. The molecule has 0 saturated carbocycles. The van der Waals surface area contributed by atoms with E-state index < -0.39 is 10.4 Å². The Morgan fingerprint density at radius 1 is 0.822 bits per heavy atom. The lowest BCUT2D eigenvalue weighted by molar-refractivity contribution is 0.0511. The molecule has 0 aromatic heterocycles. The van der Waals surface area contributed by atoms with Crippen molar-refractivity contribution >= 4 is 10.4 Å². The molecule has 2 rings (SSSR count). The van der Waals surface area contributed by atoms with E-state index in [2.05, 4.69) is 71.4 Å². The minimum absolute atomic E-state index is 0.0352. The Balaban J connectivity index is 0.00000129. The molecule has 45 heavy (non-hydrogen) atoms. The van der Waals surface area contributed by atoms with Crippen LogP contribution in [0.5, 0.6) is 11.5 Å². The SMILES string of the molecule is CCN(CC)CC.Cc1c(C)c2c(c(C)c1OCCOS(=O)(=O)O)CC[C@@](C)(CCC[C@H](C)CCC[C@H](C)CCCC(C)C)O2. The van der Waals surface area contributed by atoms with Crippen LogP contribution in [0.4, 0.5) is 0 Å². The van der Waals surface area contributed by atoms with Gasteiger partial charge in [0.25, 0.3) is 0 Å². The van der Waals surface area contributed by atoms with E-state index >= 15 is 0 Å². The molecule has 1 aliphatic heterocycles. The van der Waals surface area contributed by atoms with Gasteiger partial charge in [-0.15, -0.1) is 0 Å². The summed E-state index contributed by atoms with van der Waals surface area (Å²) in [6, 6.07) is 0. The standard InChI is InChI=1S/C31H54O6S.C6H15N/c1-22(2)12-9-13-23(3)14-10-15-24(4)16-11-18-31(8)19-17-28-27(7)29(25(5)26(6)30(28)37-31)35-20-21-36-38(32,33)34;1-4-7(5-2)6-3/h22-24H,9-21H2,1-8H3,(H,32,33,34);4-6H2,1-3H3/t23-,24-,31-;/m1./s1. The predicted molar refractivity (Wildman–Crippen MR) is 189 cm³/mol. The van der Waals surface area contributed by atoms with Gasteiger partial charge in [0.05, 0.1) is 0 Å². The van der Waals surface area contributed by atoms with Gasteiger partial charge in [0.15, 0.2) is 0 Å². The zero-order chi connectivity index (χ0) is 34.2. The maximum absolute atomic E-state index is 10.8. The summed E-state index contributed by atoms with van der Waals surface area (Å²) < 4.78 is 47.2. The van der Waals surface area contributed by atoms with E-state index in [1.54, 1.807) is 0 Å². The highest BCUT2D eigenvalue weighted by molar-refractivity contribution is 7.80. The van der Waals surface area contributed by atoms with E-state index in [0.29, 0.717) is 0 Å². The van der Waals surface area contributed by atoms with Crippen molar-refractivity contribution in [2.75, 3.05) is 32.8 Å². The van der Waals surface area contributed by atoms with Crippen molar-refractivity contribution < 1.29 is 26.6 Å². The zero-order valence-electron chi connectivity index (χ0n) is 30.9. The van der Waals surface area contributed by atoms with E-state index in [9.17, 15) is 8.42 Å². The van der Waals surface area contributed by atoms with Crippen molar-refractivity contribution in [3.05, 3.63) is 22.3 Å². The van der Waals surface area contributed by atoms with Gasteiger partial charge in [-0.2, -0.15) is 8.42 Å². The van der Waals surface area contributed by atoms with Gasteiger partial charge in [-0.1, -0.05) is 93.4 Å². The molecule has 1 aromatic carbocycles. The fourth-order valence-electron chi connectivity index (χ4n) is 6.43. The normalized spacial score (nSPS) is 17.8. The van der Waals surface area contributed by atoms with Crippen molar-refractivity contribution in [1.29, 1.82) is 0 Å². The molecular weight excluding hydrogens is 586 g/mol. The van der Waals surface area contributed by atoms with Crippen LogP contribution in [0.3, 0.4) is 0 Å². The summed E-state index contributed by atoms with van der Waals surface area (Å²) in [6.45, 7) is 27.7. The minimum atomic E-state index is -4.46. The van der Waals surface area contributed by atoms with E-state index in [-0.39, 0.29) is 18.8 Å². The molecule has 0 saturated heterocycles. The van der Waals surface area contributed by atoms with Crippen molar-refractivity contribution in [3.8, 4) is 11.5 Å². The molecule has 0 spiro atoms. The number of hydrogen-bond donors (Lipinski definition) is 1. The van der Waals surface area contributed by atoms with Crippen LogP contribution in [0, 0.1) is 38.5 Å². The van der Waals surface area contributed by atoms with Crippen LogP contribution >= 0.6 is 0 Å². The number of fused-ring (bicyclic) bond motifs is 1. The molecule has 1 aromatic rings. The minimum Gasteiger partial charge on any atom is -0.491 e. The molecule has 1 N–H and O–H groups in total. The average Bonchev–Trinajstić information content (AvgIpc) is 2.96. The number of ether oxygens (including phenoxy) is 2. The van der Waals surface area contributed by atoms with Gasteiger partial charge >= 0.3 is 10.4 Å². The van der Waals surface area contributed by atoms with Gasteiger partial charge < -0.3 is 14.4 Å². The van der Waals surface area contributed by atoms with Crippen LogP contribution in [0.25, 0.3) is 0 Å². The summed E-state index contributed by atoms with van der Waals surface area (Å²) in [5.41, 5.74) is 4.10. The van der Waals surface area contributed by atoms with Gasteiger partial charge in [-0.25, -0.2) is 4.18 Å². The number of nitrogens with zero attached hydrogens (tertiary/aromatic N) is 1. The van der Waals surface area contributed by atoms with Crippen LogP contribution in [0.15, 0.2) is 0 Å². The molecule has 3 atom stereocenters. The predicted octanol–water partition coefficient (Wildman–Crippen LogP) is 9.68. The lowest BCUT2D eigenvalue weighted by atomic mass is 9.83. The number of rotatable bonds is 20. The highest BCUT2D eigenvalue weighted by Crippen LogP contribution is 2.45. The Morgan fingerprint density at radius 3 is 1.84 bits per heavy atom. The van der Waals surface area contributed by atoms with E-state index in [1.165, 1.54) is 76.6 Å². The summed E-state index contributed by atoms with van der Waals surface area (Å²) in [5.74, 6) is 4.16. The lowest BCUT2D eigenvalue weighted by Crippen LogP contribution is -2.37. The first-order valence-electron chi connectivity index (χ1n) is 17.9. The molecule has 7 nitrogen and oxygen atoms in total. The first kappa shape index (κ1) is 41.7. The van der Waals surface area contributed by atoms with Crippen LogP contribution in [0.2, 0.25) is 0 Å². The monoisotopic (exact) mass is 655 g/mol. The Bertz CT molecular complexity index is 1080. The van der Waals surface area contributed by atoms with Gasteiger partial charge in [0.1, 0.15) is 30.3 Å². The van der Waals surface area contributed by atoms with Gasteiger partial charge in [0.2, 0.25) is 0 Å². The summed E-state index contributed by atoms with van der Waals surface area (Å²) in [4.78, 5) is 2.38. The second-order valence-electron chi connectivity index (χ2n) is 14.1. The van der Waals surface area contributed by atoms with Crippen molar-refractivity contribution in [2.24, 2.45) is 17.8 Å². The van der Waals surface area contributed by atoms with E-state index in [4.69, 9.17) is 14.0 Å². The van der Waals surface area contributed by atoms with Crippen molar-refractivity contribution in [3.63, 3.8) is 0 Å². The molecule has 0 fully saturated rings. The second kappa shape index (κ2) is 20.8. The zero-order valence-corrected chi connectivity index (χ0v) is 31.7. The van der Waals surface area contributed by atoms with Crippen molar-refractivity contribution in [2.45, 2.75) is 152 Å². The third-order valence-electron chi connectivity index (χ3n) is 9.74. The molecule has 0 amide bonds. The first-order valence-corrected chi connectivity index (χ1v) is 19.2. The van der Waals surface area contributed by atoms with Crippen LogP contribution in [-0.4, -0.2) is 56.3 Å². The fraction of sp³-hybridized carbons (Fsp3) is 0.838. The topological polar surface area (TPSA) is 85.3 Å². The quantitative estimate of drug-likeness (QED) is 0.111. The molecule has 264 valence electrons. The molecule has 8 heteroatoms. The molecule has 0 bridgehead atoms. The molecule has 0 aliphatic carbocycles. The summed E-state index contributed by atoms with van der Waals surface area (Å²) >= 11 is 0. The average molecular weight is 656 g/mol. The highest BCUT2D eigenvalue weighted by atomic mass is 32.3. The van der Waals surface area contributed by atoms with Gasteiger partial charge in [-0.05, 0) is 107 Å². The van der Waals surface area contributed by atoms with Crippen LogP contribution in [-0.2, 0) is 21.0 Å². The highest BCUT2D eigenvalue weighted by Gasteiger charge is 2.34. The third kappa shape index (κ3) is 15.9. The third-order valence-corrected chi connectivity index (χ3v) is 10.2. The molecule has 1 heterocycles. The largest absolute Gasteiger partial charge is 0.491 e. The Kier molecular flexibility index (Phi) is 19.3. The van der Waals surface area contributed by atoms with Gasteiger partial charge in [0, 0.05) is 5.56 Å². The summed E-state index contributed by atoms with van der Waals surface area (Å²) in [7, 11) is -4.46. The van der Waals surface area contributed by atoms with Crippen LogP contribution in [0.1, 0.15) is 142 Å². The maximum Gasteiger partial charge on any atom is 0.397 e. The second-order valence-corrected chi connectivity index (χ2v) is 15.2. The van der Waals surface area contributed by atoms with Gasteiger partial charge in [-0.3, -0.25) is 4.55 Å². The summed E-state index contributed by atoms with van der Waals surface area (Å²) in [6.07, 6.45) is 13.5. The number of benzene rings is 1. The molecular formula is C37H69NO6S. The van der Waals surface area contributed by atoms with Crippen molar-refractivity contribution in [1.82, 2.24) is 4.90 Å². The lowest BCUT2D eigenvalue weighted by Gasteiger charge is -2.38. The maximum atomic E-state index is 10.8. The smallest absolute Gasteiger partial charge is 0.397 e. The molecule has 0 unspecified atom stereocenters. The van der Waals surface area contributed by atoms with E-state index in [0.717, 1.165) is 65.2 Å². The number of hydrogen-bond acceptors (Lipinski definition) is 6. The molecule has 0 radical (unpaired) electrons. The van der Waals surface area contributed by atoms with E-state index in [1.807, 2.05) is 13.8 Å². The summed E-state index contributed by atoms with van der Waals surface area (Å²) in [5, 5.41) is 0. The fourth-order valence-corrected chi connectivity index (χ4v) is 6.71. The first-order chi connectivity index (χ1) is 21.1. The molecule has 1 aliphatic rings. The Hall–Kier alpha value is -1.35.